The second-order valence-corrected chi connectivity index (χ2v) is 10.7. The molecule has 2 aliphatic rings. The van der Waals surface area contributed by atoms with Crippen LogP contribution in [0.5, 0.6) is 0 Å². The molecular formula is C23H45N5O2. The van der Waals surface area contributed by atoms with Gasteiger partial charge in [-0.15, -0.1) is 0 Å². The maximum Gasteiger partial charge on any atom is 0.410 e. The van der Waals surface area contributed by atoms with E-state index in [1.165, 1.54) is 12.8 Å². The van der Waals surface area contributed by atoms with Crippen molar-refractivity contribution in [3.8, 4) is 0 Å². The normalized spacial score (nSPS) is 19.0. The van der Waals surface area contributed by atoms with E-state index >= 15 is 0 Å². The monoisotopic (exact) mass is 423 g/mol. The van der Waals surface area contributed by atoms with Crippen LogP contribution in [0.2, 0.25) is 0 Å². The van der Waals surface area contributed by atoms with Gasteiger partial charge in [0.1, 0.15) is 5.60 Å². The molecule has 174 valence electrons. The number of ether oxygens (including phenoxy) is 1. The van der Waals surface area contributed by atoms with E-state index in [1.54, 1.807) is 0 Å². The van der Waals surface area contributed by atoms with Gasteiger partial charge in [-0.25, -0.2) is 4.79 Å². The zero-order valence-electron chi connectivity index (χ0n) is 20.4. The Bertz CT molecular complexity index is 567. The third kappa shape index (κ3) is 9.11. The quantitative estimate of drug-likeness (QED) is 0.373. The molecule has 7 nitrogen and oxygen atoms in total. The van der Waals surface area contributed by atoms with Crippen LogP contribution in [-0.2, 0) is 4.74 Å². The molecule has 1 aliphatic carbocycles. The van der Waals surface area contributed by atoms with Crippen molar-refractivity contribution in [3.05, 3.63) is 0 Å². The summed E-state index contributed by atoms with van der Waals surface area (Å²) in [6, 6.07) is 0.252. The highest BCUT2D eigenvalue weighted by atomic mass is 16.6. The Hall–Kier alpha value is -1.50. The fraction of sp³-hybridized carbons (Fsp3) is 0.913. The van der Waals surface area contributed by atoms with Gasteiger partial charge in [0.2, 0.25) is 0 Å². The molecule has 0 unspecified atom stereocenters. The summed E-state index contributed by atoms with van der Waals surface area (Å²) in [6.07, 6.45) is 4.23. The summed E-state index contributed by atoms with van der Waals surface area (Å²) in [5.74, 6) is 1.64. The smallest absolute Gasteiger partial charge is 0.410 e. The first-order chi connectivity index (χ1) is 14.0. The van der Waals surface area contributed by atoms with Gasteiger partial charge in [-0.2, -0.15) is 0 Å². The van der Waals surface area contributed by atoms with Crippen LogP contribution in [0, 0.1) is 5.92 Å². The summed E-state index contributed by atoms with van der Waals surface area (Å²) in [6.45, 7) is 19.6. The first-order valence-corrected chi connectivity index (χ1v) is 11.8. The van der Waals surface area contributed by atoms with Crippen LogP contribution in [0.15, 0.2) is 4.99 Å². The minimum atomic E-state index is -0.453. The first kappa shape index (κ1) is 24.8. The zero-order valence-corrected chi connectivity index (χ0v) is 20.4. The Morgan fingerprint density at radius 2 is 1.73 bits per heavy atom. The third-order valence-electron chi connectivity index (χ3n) is 5.35. The number of guanidine groups is 1. The van der Waals surface area contributed by atoms with Gasteiger partial charge in [-0.1, -0.05) is 0 Å². The van der Waals surface area contributed by atoms with Crippen molar-refractivity contribution in [2.75, 3.05) is 39.3 Å². The van der Waals surface area contributed by atoms with E-state index in [9.17, 15) is 4.79 Å². The number of rotatable bonds is 7. The van der Waals surface area contributed by atoms with Crippen LogP contribution < -0.4 is 10.6 Å². The average molecular weight is 424 g/mol. The maximum atomic E-state index is 12.8. The Morgan fingerprint density at radius 3 is 2.23 bits per heavy atom. The SMILES string of the molecule is CCNC(=NCCNC(C)(C)C)N1CCC(N(CC2CC2)C(=O)OC(C)(C)C)CC1. The van der Waals surface area contributed by atoms with E-state index in [0.717, 1.165) is 58.1 Å². The molecule has 0 radical (unpaired) electrons. The van der Waals surface area contributed by atoms with Crippen LogP contribution >= 0.6 is 0 Å². The van der Waals surface area contributed by atoms with Crippen LogP contribution in [-0.4, -0.2) is 78.3 Å². The van der Waals surface area contributed by atoms with E-state index in [0.29, 0.717) is 5.92 Å². The molecule has 1 saturated heterocycles. The summed E-state index contributed by atoms with van der Waals surface area (Å²) >= 11 is 0. The third-order valence-corrected chi connectivity index (χ3v) is 5.35. The van der Waals surface area contributed by atoms with Gasteiger partial charge >= 0.3 is 6.09 Å². The molecule has 0 spiro atoms. The summed E-state index contributed by atoms with van der Waals surface area (Å²) in [5.41, 5.74) is -0.343. The largest absolute Gasteiger partial charge is 0.444 e. The van der Waals surface area contributed by atoms with Gasteiger partial charge in [0.25, 0.3) is 0 Å². The molecule has 1 saturated carbocycles. The highest BCUT2D eigenvalue weighted by molar-refractivity contribution is 5.80. The lowest BCUT2D eigenvalue weighted by molar-refractivity contribution is 0.00928. The number of carbonyl (C=O) groups excluding carboxylic acids is 1. The summed E-state index contributed by atoms with van der Waals surface area (Å²) in [4.78, 5) is 22.0. The number of nitrogens with zero attached hydrogens (tertiary/aromatic N) is 3. The van der Waals surface area contributed by atoms with Crippen molar-refractivity contribution >= 4 is 12.1 Å². The van der Waals surface area contributed by atoms with Crippen LogP contribution in [0.25, 0.3) is 0 Å². The number of amides is 1. The number of hydrogen-bond acceptors (Lipinski definition) is 4. The number of carbonyl (C=O) groups is 1. The summed E-state index contributed by atoms with van der Waals surface area (Å²) in [7, 11) is 0. The molecule has 0 aromatic heterocycles. The Balaban J connectivity index is 1.92. The Morgan fingerprint density at radius 1 is 1.10 bits per heavy atom. The Kier molecular flexibility index (Phi) is 8.83. The molecular weight excluding hydrogens is 378 g/mol. The average Bonchev–Trinajstić information content (AvgIpc) is 3.44. The maximum absolute atomic E-state index is 12.8. The van der Waals surface area contributed by atoms with Crippen LogP contribution in [0.4, 0.5) is 4.79 Å². The summed E-state index contributed by atoms with van der Waals surface area (Å²) in [5, 5.41) is 6.92. The summed E-state index contributed by atoms with van der Waals surface area (Å²) < 4.78 is 5.72. The molecule has 0 atom stereocenters. The number of nitrogens with one attached hydrogen (secondary N) is 2. The van der Waals surface area contributed by atoms with E-state index in [1.807, 2.05) is 25.7 Å². The first-order valence-electron chi connectivity index (χ1n) is 11.8. The lowest BCUT2D eigenvalue weighted by Crippen LogP contribution is -2.52. The van der Waals surface area contributed by atoms with Crippen LogP contribution in [0.1, 0.15) is 74.1 Å². The van der Waals surface area contributed by atoms with E-state index in [4.69, 9.17) is 9.73 Å². The number of hydrogen-bond donors (Lipinski definition) is 2. The number of likely N-dealkylation sites (tertiary alicyclic amines) is 1. The van der Waals surface area contributed by atoms with Crippen molar-refractivity contribution in [2.45, 2.75) is 91.3 Å². The fourth-order valence-corrected chi connectivity index (χ4v) is 3.68. The topological polar surface area (TPSA) is 69.2 Å². The highest BCUT2D eigenvalue weighted by Gasteiger charge is 2.35. The van der Waals surface area contributed by atoms with Crippen molar-refractivity contribution in [1.29, 1.82) is 0 Å². The molecule has 1 amide bonds. The van der Waals surface area contributed by atoms with Gasteiger partial charge in [-0.3, -0.25) is 4.99 Å². The molecule has 0 bridgehead atoms. The standard InChI is InChI=1S/C23H45N5O2/c1-8-24-20(25-13-14-26-22(2,3)4)27-15-11-19(12-16-27)28(17-18-9-10-18)21(29)30-23(5,6)7/h18-19,26H,8-17H2,1-7H3,(H,24,25). The van der Waals surface area contributed by atoms with Crippen molar-refractivity contribution < 1.29 is 9.53 Å². The van der Waals surface area contributed by atoms with Gasteiger partial charge in [0, 0.05) is 44.3 Å². The highest BCUT2D eigenvalue weighted by Crippen LogP contribution is 2.32. The van der Waals surface area contributed by atoms with E-state index in [-0.39, 0.29) is 17.7 Å². The molecule has 0 aromatic rings. The lowest BCUT2D eigenvalue weighted by atomic mass is 10.0. The minimum Gasteiger partial charge on any atom is -0.444 e. The van der Waals surface area contributed by atoms with Crippen molar-refractivity contribution in [1.82, 2.24) is 20.4 Å². The van der Waals surface area contributed by atoms with Crippen molar-refractivity contribution in [3.63, 3.8) is 0 Å². The molecule has 2 fully saturated rings. The Labute approximate surface area is 184 Å². The van der Waals surface area contributed by atoms with Gasteiger partial charge < -0.3 is 25.2 Å². The lowest BCUT2D eigenvalue weighted by Gasteiger charge is -2.40. The second kappa shape index (κ2) is 10.7. The number of piperidine rings is 1. The predicted octanol–water partition coefficient (Wildman–Crippen LogP) is 3.45. The number of aliphatic imine (C=N–C) groups is 1. The molecule has 1 aliphatic heterocycles. The van der Waals surface area contributed by atoms with Gasteiger partial charge in [0.15, 0.2) is 5.96 Å². The molecule has 7 heteroatoms. The molecule has 30 heavy (non-hydrogen) atoms. The molecule has 0 aromatic carbocycles. The predicted molar refractivity (Wildman–Crippen MR) is 124 cm³/mol. The van der Waals surface area contributed by atoms with E-state index < -0.39 is 5.60 Å². The van der Waals surface area contributed by atoms with Gasteiger partial charge in [0.05, 0.1) is 6.54 Å². The zero-order chi connectivity index (χ0) is 22.4. The van der Waals surface area contributed by atoms with E-state index in [2.05, 4.69) is 43.2 Å². The molecule has 2 rings (SSSR count). The van der Waals surface area contributed by atoms with Gasteiger partial charge in [-0.05, 0) is 80.1 Å². The fourth-order valence-electron chi connectivity index (χ4n) is 3.68. The second-order valence-electron chi connectivity index (χ2n) is 10.7. The molecule has 2 N–H and O–H groups in total. The van der Waals surface area contributed by atoms with Crippen molar-refractivity contribution in [2.24, 2.45) is 10.9 Å². The minimum absolute atomic E-state index is 0.110. The molecule has 1 heterocycles. The van der Waals surface area contributed by atoms with Crippen LogP contribution in [0.3, 0.4) is 0 Å².